The van der Waals surface area contributed by atoms with E-state index in [2.05, 4.69) is 52.3 Å². The van der Waals surface area contributed by atoms with Gasteiger partial charge in [-0.15, -0.1) is 11.8 Å². The van der Waals surface area contributed by atoms with Crippen LogP contribution in [0.2, 0.25) is 0 Å². The van der Waals surface area contributed by atoms with Crippen molar-refractivity contribution in [3.63, 3.8) is 0 Å². The molecule has 1 aromatic carbocycles. The number of hydrogen-bond acceptors (Lipinski definition) is 2. The van der Waals surface area contributed by atoms with Crippen LogP contribution in [-0.2, 0) is 0 Å². The summed E-state index contributed by atoms with van der Waals surface area (Å²) >= 11 is 3.46. The third kappa shape index (κ3) is 3.35. The number of hydrazine groups is 1. The van der Waals surface area contributed by atoms with E-state index in [1.165, 1.54) is 11.1 Å². The monoisotopic (exact) mass is 266 g/mol. The first-order valence-electron chi connectivity index (χ1n) is 4.80. The van der Waals surface area contributed by atoms with E-state index in [9.17, 15) is 0 Å². The van der Waals surface area contributed by atoms with E-state index in [4.69, 9.17) is 5.84 Å². The molecule has 0 bridgehead atoms. The fraction of sp³-hybridized carbons (Fsp3) is 0.333. The summed E-state index contributed by atoms with van der Waals surface area (Å²) in [6, 6.07) is 6.27. The first-order valence-corrected chi connectivity index (χ1v) is 5.60. The minimum absolute atomic E-state index is 0.0925. The van der Waals surface area contributed by atoms with Crippen LogP contribution in [0.25, 0.3) is 0 Å². The first-order chi connectivity index (χ1) is 7.19. The molecule has 0 saturated carbocycles. The van der Waals surface area contributed by atoms with E-state index < -0.39 is 0 Å². The van der Waals surface area contributed by atoms with Crippen LogP contribution in [0.5, 0.6) is 0 Å². The smallest absolute Gasteiger partial charge is 0.0572 e. The lowest BCUT2D eigenvalue weighted by Crippen LogP contribution is -2.28. The van der Waals surface area contributed by atoms with Gasteiger partial charge in [0.1, 0.15) is 0 Å². The standard InChI is InChI=1S/C12H15BrN2/c1-3-4-5-12(15-14)11-8-10(13)7-6-9(11)2/h6-8,12,15H,5,14H2,1-2H3. The van der Waals surface area contributed by atoms with E-state index in [0.717, 1.165) is 10.9 Å². The van der Waals surface area contributed by atoms with Gasteiger partial charge in [-0.3, -0.25) is 11.3 Å². The van der Waals surface area contributed by atoms with Crippen LogP contribution in [0.15, 0.2) is 22.7 Å². The molecule has 1 rings (SSSR count). The number of hydrogen-bond donors (Lipinski definition) is 2. The van der Waals surface area contributed by atoms with Gasteiger partial charge in [0, 0.05) is 10.9 Å². The predicted molar refractivity (Wildman–Crippen MR) is 67.0 cm³/mol. The molecule has 0 fully saturated rings. The highest BCUT2D eigenvalue weighted by atomic mass is 79.9. The molecule has 2 nitrogen and oxygen atoms in total. The maximum absolute atomic E-state index is 5.53. The molecule has 0 spiro atoms. The zero-order valence-electron chi connectivity index (χ0n) is 8.97. The summed E-state index contributed by atoms with van der Waals surface area (Å²) in [5.41, 5.74) is 5.21. The molecule has 0 aromatic heterocycles. The van der Waals surface area contributed by atoms with Gasteiger partial charge in [0.25, 0.3) is 0 Å². The quantitative estimate of drug-likeness (QED) is 0.502. The SMILES string of the molecule is CC#CCC(NN)c1cc(Br)ccc1C. The molecule has 0 saturated heterocycles. The Morgan fingerprint density at radius 3 is 2.87 bits per heavy atom. The van der Waals surface area contributed by atoms with Crippen molar-refractivity contribution >= 4 is 15.9 Å². The van der Waals surface area contributed by atoms with Crippen LogP contribution >= 0.6 is 15.9 Å². The molecule has 3 N–H and O–H groups in total. The lowest BCUT2D eigenvalue weighted by atomic mass is 9.99. The number of nitrogens with two attached hydrogens (primary N) is 1. The molecule has 0 radical (unpaired) electrons. The van der Waals surface area contributed by atoms with Gasteiger partial charge in [-0.25, -0.2) is 0 Å². The summed E-state index contributed by atoms with van der Waals surface area (Å²) in [6.45, 7) is 3.91. The summed E-state index contributed by atoms with van der Waals surface area (Å²) in [5, 5.41) is 0. The molecule has 1 atom stereocenters. The minimum Gasteiger partial charge on any atom is -0.271 e. The Kier molecular flexibility index (Phi) is 4.83. The fourth-order valence-corrected chi connectivity index (χ4v) is 1.83. The molecule has 0 aliphatic rings. The summed E-state index contributed by atoms with van der Waals surface area (Å²) < 4.78 is 1.06. The largest absolute Gasteiger partial charge is 0.271 e. The minimum atomic E-state index is 0.0925. The second-order valence-electron chi connectivity index (χ2n) is 3.35. The van der Waals surface area contributed by atoms with Gasteiger partial charge in [0.2, 0.25) is 0 Å². The van der Waals surface area contributed by atoms with Crippen molar-refractivity contribution in [3.05, 3.63) is 33.8 Å². The first kappa shape index (κ1) is 12.3. The highest BCUT2D eigenvalue weighted by Crippen LogP contribution is 2.23. The van der Waals surface area contributed by atoms with Crippen LogP contribution in [0.1, 0.15) is 30.5 Å². The summed E-state index contributed by atoms with van der Waals surface area (Å²) in [5.74, 6) is 11.4. The maximum Gasteiger partial charge on any atom is 0.0572 e. The second kappa shape index (κ2) is 5.92. The summed E-state index contributed by atoms with van der Waals surface area (Å²) in [7, 11) is 0. The van der Waals surface area contributed by atoms with E-state index >= 15 is 0 Å². The number of nitrogens with one attached hydrogen (secondary N) is 1. The van der Waals surface area contributed by atoms with E-state index in [-0.39, 0.29) is 6.04 Å². The molecule has 3 heteroatoms. The lowest BCUT2D eigenvalue weighted by molar-refractivity contribution is 0.565. The summed E-state index contributed by atoms with van der Waals surface area (Å²) in [4.78, 5) is 0. The average Bonchev–Trinajstić information content (AvgIpc) is 2.24. The topological polar surface area (TPSA) is 38.0 Å². The summed E-state index contributed by atoms with van der Waals surface area (Å²) in [6.07, 6.45) is 0.726. The Balaban J connectivity index is 2.98. The Morgan fingerprint density at radius 2 is 2.27 bits per heavy atom. The van der Waals surface area contributed by atoms with Gasteiger partial charge in [0.15, 0.2) is 0 Å². The Hall–Kier alpha value is -0.820. The normalized spacial score (nSPS) is 11.7. The van der Waals surface area contributed by atoms with Crippen molar-refractivity contribution in [2.75, 3.05) is 0 Å². The fourth-order valence-electron chi connectivity index (χ4n) is 1.45. The van der Waals surface area contributed by atoms with Crippen molar-refractivity contribution in [1.29, 1.82) is 0 Å². The van der Waals surface area contributed by atoms with Crippen molar-refractivity contribution in [2.24, 2.45) is 5.84 Å². The molecule has 0 amide bonds. The van der Waals surface area contributed by atoms with E-state index in [1.54, 1.807) is 0 Å². The van der Waals surface area contributed by atoms with Gasteiger partial charge < -0.3 is 0 Å². The molecular formula is C12H15BrN2. The van der Waals surface area contributed by atoms with Gasteiger partial charge in [-0.05, 0) is 37.1 Å². The molecule has 15 heavy (non-hydrogen) atoms. The molecule has 80 valence electrons. The van der Waals surface area contributed by atoms with E-state index in [0.29, 0.717) is 0 Å². The van der Waals surface area contributed by atoms with Crippen molar-refractivity contribution < 1.29 is 0 Å². The number of halogens is 1. The van der Waals surface area contributed by atoms with Gasteiger partial charge in [-0.1, -0.05) is 22.0 Å². The molecule has 1 aromatic rings. The molecular weight excluding hydrogens is 252 g/mol. The Morgan fingerprint density at radius 1 is 1.53 bits per heavy atom. The number of aryl methyl sites for hydroxylation is 1. The Bertz CT molecular complexity index is 390. The molecule has 0 aliphatic heterocycles. The zero-order chi connectivity index (χ0) is 11.3. The average molecular weight is 267 g/mol. The van der Waals surface area contributed by atoms with Crippen molar-refractivity contribution in [3.8, 4) is 11.8 Å². The maximum atomic E-state index is 5.53. The molecule has 0 heterocycles. The molecule has 1 unspecified atom stereocenters. The van der Waals surface area contributed by atoms with Crippen molar-refractivity contribution in [1.82, 2.24) is 5.43 Å². The van der Waals surface area contributed by atoms with Crippen molar-refractivity contribution in [2.45, 2.75) is 26.3 Å². The third-order valence-electron chi connectivity index (χ3n) is 2.30. The number of benzene rings is 1. The van der Waals surface area contributed by atoms with Gasteiger partial charge in [0.05, 0.1) is 6.04 Å². The number of rotatable bonds is 3. The highest BCUT2D eigenvalue weighted by molar-refractivity contribution is 9.10. The molecule has 0 aliphatic carbocycles. The van der Waals surface area contributed by atoms with Crippen LogP contribution < -0.4 is 11.3 Å². The van der Waals surface area contributed by atoms with Gasteiger partial charge in [-0.2, -0.15) is 0 Å². The van der Waals surface area contributed by atoms with Crippen LogP contribution in [0.3, 0.4) is 0 Å². The van der Waals surface area contributed by atoms with E-state index in [1.807, 2.05) is 13.0 Å². The van der Waals surface area contributed by atoms with Crippen LogP contribution in [-0.4, -0.2) is 0 Å². The lowest BCUT2D eigenvalue weighted by Gasteiger charge is -2.16. The van der Waals surface area contributed by atoms with Crippen LogP contribution in [0.4, 0.5) is 0 Å². The Labute approximate surface area is 99.3 Å². The zero-order valence-corrected chi connectivity index (χ0v) is 10.6. The van der Waals surface area contributed by atoms with Crippen LogP contribution in [0, 0.1) is 18.8 Å². The van der Waals surface area contributed by atoms with Gasteiger partial charge >= 0.3 is 0 Å². The highest BCUT2D eigenvalue weighted by Gasteiger charge is 2.10. The predicted octanol–water partition coefficient (Wildman–Crippen LogP) is 2.68. The third-order valence-corrected chi connectivity index (χ3v) is 2.79. The second-order valence-corrected chi connectivity index (χ2v) is 4.27.